The highest BCUT2D eigenvalue weighted by molar-refractivity contribution is 6.30. The molecule has 0 spiro atoms. The molecule has 2 aliphatic heterocycles. The highest BCUT2D eigenvalue weighted by Gasteiger charge is 2.46. The van der Waals surface area contributed by atoms with Crippen molar-refractivity contribution in [3.05, 3.63) is 67.9 Å². The van der Waals surface area contributed by atoms with Gasteiger partial charge in [-0.05, 0) is 17.7 Å². The van der Waals surface area contributed by atoms with E-state index in [0.29, 0.717) is 29.5 Å². The van der Waals surface area contributed by atoms with Gasteiger partial charge in [-0.1, -0.05) is 37.6 Å². The molecule has 25 heavy (non-hydrogen) atoms. The van der Waals surface area contributed by atoms with Crippen LogP contribution in [0.25, 0.3) is 0 Å². The van der Waals surface area contributed by atoms with Gasteiger partial charge in [-0.3, -0.25) is 10.1 Å². The summed E-state index contributed by atoms with van der Waals surface area (Å²) in [6.07, 6.45) is 0. The van der Waals surface area contributed by atoms with E-state index in [1.54, 1.807) is 29.2 Å². The van der Waals surface area contributed by atoms with Crippen LogP contribution in [0, 0.1) is 26.9 Å². The van der Waals surface area contributed by atoms with Gasteiger partial charge in [0.15, 0.2) is 5.82 Å². The standard InChI is InChI=1S/C17H18ClN5O2/c1-17(2)8-21-16-14(23(24)25)13(10-3-5-11(18)6-4-10)12(7-19)15(20)22(16)9-17/h3-6,13,21H,8-9,20H2,1-2H3. The first-order valence-corrected chi connectivity index (χ1v) is 8.18. The van der Waals surface area contributed by atoms with Crippen LogP contribution in [0.1, 0.15) is 25.3 Å². The molecule has 1 saturated heterocycles. The second-order valence-electron chi connectivity index (χ2n) is 6.99. The topological polar surface area (TPSA) is 108 Å². The third kappa shape index (κ3) is 2.89. The quantitative estimate of drug-likeness (QED) is 0.620. The molecule has 1 atom stereocenters. The van der Waals surface area contributed by atoms with Gasteiger partial charge in [0.2, 0.25) is 0 Å². The van der Waals surface area contributed by atoms with Crippen LogP contribution in [-0.4, -0.2) is 22.9 Å². The number of allylic oxidation sites excluding steroid dienone is 1. The summed E-state index contributed by atoms with van der Waals surface area (Å²) < 4.78 is 0. The maximum atomic E-state index is 11.9. The molecular formula is C17H18ClN5O2. The van der Waals surface area contributed by atoms with Crippen LogP contribution in [0.2, 0.25) is 5.02 Å². The molecule has 0 aromatic heterocycles. The van der Waals surface area contributed by atoms with Crippen molar-refractivity contribution in [2.24, 2.45) is 11.1 Å². The van der Waals surface area contributed by atoms with Crippen molar-refractivity contribution in [1.82, 2.24) is 10.2 Å². The van der Waals surface area contributed by atoms with Crippen LogP contribution in [-0.2, 0) is 0 Å². The molecule has 0 bridgehead atoms. The maximum absolute atomic E-state index is 11.9. The Bertz CT molecular complexity index is 836. The second-order valence-corrected chi connectivity index (χ2v) is 7.43. The van der Waals surface area contributed by atoms with Gasteiger partial charge in [-0.25, -0.2) is 0 Å². The summed E-state index contributed by atoms with van der Waals surface area (Å²) in [5, 5.41) is 25.2. The van der Waals surface area contributed by atoms with Crippen molar-refractivity contribution in [2.75, 3.05) is 13.1 Å². The Labute approximate surface area is 150 Å². The van der Waals surface area contributed by atoms with E-state index in [2.05, 4.69) is 11.4 Å². The molecule has 0 amide bonds. The minimum Gasteiger partial charge on any atom is -0.384 e. The van der Waals surface area contributed by atoms with Gasteiger partial charge in [0, 0.05) is 23.5 Å². The Balaban J connectivity index is 2.21. The van der Waals surface area contributed by atoms with Crippen LogP contribution < -0.4 is 11.1 Å². The first kappa shape index (κ1) is 17.1. The lowest BCUT2D eigenvalue weighted by atomic mass is 9.83. The molecule has 7 nitrogen and oxygen atoms in total. The van der Waals surface area contributed by atoms with E-state index in [1.165, 1.54) is 0 Å². The molecule has 130 valence electrons. The summed E-state index contributed by atoms with van der Waals surface area (Å²) in [5.41, 5.74) is 6.83. The third-order valence-corrected chi connectivity index (χ3v) is 4.73. The zero-order valence-electron chi connectivity index (χ0n) is 13.9. The van der Waals surface area contributed by atoms with Gasteiger partial charge in [-0.15, -0.1) is 0 Å². The number of nitro groups is 1. The maximum Gasteiger partial charge on any atom is 0.299 e. The SMILES string of the molecule is CC1(C)CNC2=C([N+](=O)[O-])C(c3ccc(Cl)cc3)C(C#N)=C(N)N2C1. The summed E-state index contributed by atoms with van der Waals surface area (Å²) >= 11 is 5.92. The monoisotopic (exact) mass is 359 g/mol. The average Bonchev–Trinajstić information content (AvgIpc) is 2.55. The second kappa shape index (κ2) is 5.97. The summed E-state index contributed by atoms with van der Waals surface area (Å²) in [4.78, 5) is 13.1. The van der Waals surface area contributed by atoms with Gasteiger partial charge in [0.25, 0.3) is 5.70 Å². The highest BCUT2D eigenvalue weighted by Crippen LogP contribution is 2.42. The van der Waals surface area contributed by atoms with Gasteiger partial charge < -0.3 is 16.0 Å². The van der Waals surface area contributed by atoms with E-state index in [9.17, 15) is 15.4 Å². The molecule has 3 rings (SSSR count). The lowest BCUT2D eigenvalue weighted by Gasteiger charge is -2.44. The predicted molar refractivity (Wildman–Crippen MR) is 93.5 cm³/mol. The summed E-state index contributed by atoms with van der Waals surface area (Å²) in [7, 11) is 0. The van der Waals surface area contributed by atoms with E-state index in [1.807, 2.05) is 13.8 Å². The summed E-state index contributed by atoms with van der Waals surface area (Å²) in [5.74, 6) is -0.221. The summed E-state index contributed by atoms with van der Waals surface area (Å²) in [6, 6.07) is 8.74. The molecule has 0 aliphatic carbocycles. The molecule has 0 radical (unpaired) electrons. The number of nitrogens with one attached hydrogen (secondary N) is 1. The van der Waals surface area contributed by atoms with E-state index in [4.69, 9.17) is 17.3 Å². The fourth-order valence-electron chi connectivity index (χ4n) is 3.28. The van der Waals surface area contributed by atoms with Crippen molar-refractivity contribution >= 4 is 11.6 Å². The lowest BCUT2D eigenvalue weighted by molar-refractivity contribution is -0.432. The van der Waals surface area contributed by atoms with Crippen LogP contribution in [0.5, 0.6) is 0 Å². The number of nitrogens with zero attached hydrogens (tertiary/aromatic N) is 3. The van der Waals surface area contributed by atoms with Crippen LogP contribution >= 0.6 is 11.6 Å². The molecule has 1 fully saturated rings. The number of rotatable bonds is 2. The zero-order valence-corrected chi connectivity index (χ0v) is 14.7. The largest absolute Gasteiger partial charge is 0.384 e. The number of nitrogens with two attached hydrogens (primary N) is 1. The highest BCUT2D eigenvalue weighted by atomic mass is 35.5. The minimum atomic E-state index is -0.836. The van der Waals surface area contributed by atoms with Crippen molar-refractivity contribution < 1.29 is 4.92 Å². The lowest BCUT2D eigenvalue weighted by Crippen LogP contribution is -2.53. The predicted octanol–water partition coefficient (Wildman–Crippen LogP) is 2.51. The van der Waals surface area contributed by atoms with E-state index in [-0.39, 0.29) is 22.5 Å². The number of nitriles is 1. The van der Waals surface area contributed by atoms with Crippen molar-refractivity contribution in [3.63, 3.8) is 0 Å². The van der Waals surface area contributed by atoms with E-state index in [0.717, 1.165) is 0 Å². The number of hydrogen-bond donors (Lipinski definition) is 2. The Kier molecular flexibility index (Phi) is 4.09. The minimum absolute atomic E-state index is 0.0661. The molecule has 8 heteroatoms. The molecule has 1 aromatic carbocycles. The van der Waals surface area contributed by atoms with Crippen molar-refractivity contribution in [3.8, 4) is 6.07 Å². The van der Waals surface area contributed by atoms with Gasteiger partial charge in [0.05, 0.1) is 16.6 Å². The van der Waals surface area contributed by atoms with Gasteiger partial charge in [-0.2, -0.15) is 5.26 Å². The molecule has 2 heterocycles. The van der Waals surface area contributed by atoms with E-state index >= 15 is 0 Å². The molecule has 2 aliphatic rings. The fraction of sp³-hybridized carbons (Fsp3) is 0.353. The Morgan fingerprint density at radius 3 is 2.64 bits per heavy atom. The molecular weight excluding hydrogens is 342 g/mol. The first-order chi connectivity index (χ1) is 11.7. The average molecular weight is 360 g/mol. The van der Waals surface area contributed by atoms with Crippen LogP contribution in [0.4, 0.5) is 0 Å². The normalized spacial score (nSPS) is 22.2. The Morgan fingerprint density at radius 1 is 1.44 bits per heavy atom. The number of halogens is 1. The molecule has 3 N–H and O–H groups in total. The fourth-order valence-corrected chi connectivity index (χ4v) is 3.40. The molecule has 1 unspecified atom stereocenters. The van der Waals surface area contributed by atoms with Crippen LogP contribution in [0.15, 0.2) is 47.2 Å². The van der Waals surface area contributed by atoms with Gasteiger partial charge >= 0.3 is 0 Å². The summed E-state index contributed by atoms with van der Waals surface area (Å²) in [6.45, 7) is 5.15. The van der Waals surface area contributed by atoms with E-state index < -0.39 is 10.8 Å². The zero-order chi connectivity index (χ0) is 18.4. The number of benzene rings is 1. The molecule has 0 saturated carbocycles. The molecule has 1 aromatic rings. The Morgan fingerprint density at radius 2 is 2.08 bits per heavy atom. The first-order valence-electron chi connectivity index (χ1n) is 7.80. The Hall–Kier alpha value is -2.72. The number of hydrogen-bond acceptors (Lipinski definition) is 6. The van der Waals surface area contributed by atoms with Crippen molar-refractivity contribution in [1.29, 1.82) is 5.26 Å². The van der Waals surface area contributed by atoms with Gasteiger partial charge in [0.1, 0.15) is 11.7 Å². The van der Waals surface area contributed by atoms with Crippen LogP contribution in [0.3, 0.4) is 0 Å². The smallest absolute Gasteiger partial charge is 0.299 e. The van der Waals surface area contributed by atoms with Crippen molar-refractivity contribution in [2.45, 2.75) is 19.8 Å². The third-order valence-electron chi connectivity index (χ3n) is 4.48. The number of fused-ring (bicyclic) bond motifs is 1.